The van der Waals surface area contributed by atoms with E-state index in [1.54, 1.807) is 18.3 Å². The predicted molar refractivity (Wildman–Crippen MR) is 109 cm³/mol. The van der Waals surface area contributed by atoms with Gasteiger partial charge in [-0.15, -0.1) is 0 Å². The van der Waals surface area contributed by atoms with Crippen LogP contribution in [0, 0.1) is 17.6 Å². The number of carbonyl (C=O) groups excluding carboxylic acids is 2. The lowest BCUT2D eigenvalue weighted by atomic mass is 9.83. The quantitative estimate of drug-likeness (QED) is 0.809. The molecule has 1 saturated heterocycles. The Morgan fingerprint density at radius 1 is 1.26 bits per heavy atom. The van der Waals surface area contributed by atoms with E-state index in [0.717, 1.165) is 25.0 Å². The van der Waals surface area contributed by atoms with Crippen LogP contribution in [-0.4, -0.2) is 40.1 Å². The fourth-order valence-electron chi connectivity index (χ4n) is 4.62. The molecule has 6 nitrogen and oxygen atoms in total. The van der Waals surface area contributed by atoms with Crippen molar-refractivity contribution in [2.24, 2.45) is 5.92 Å². The minimum absolute atomic E-state index is 0.0321. The van der Waals surface area contributed by atoms with Crippen molar-refractivity contribution in [2.45, 2.75) is 50.9 Å². The van der Waals surface area contributed by atoms with Gasteiger partial charge in [-0.2, -0.15) is 0 Å². The number of carbonyl (C=O) groups is 2. The van der Waals surface area contributed by atoms with Crippen molar-refractivity contribution < 1.29 is 23.1 Å². The van der Waals surface area contributed by atoms with Gasteiger partial charge < -0.3 is 10.1 Å². The molecule has 2 aliphatic rings. The molecule has 2 aromatic rings. The van der Waals surface area contributed by atoms with E-state index in [4.69, 9.17) is 4.74 Å². The average Bonchev–Trinajstić information content (AvgIpc) is 3.09. The van der Waals surface area contributed by atoms with E-state index in [1.807, 2.05) is 6.07 Å². The van der Waals surface area contributed by atoms with Crippen molar-refractivity contribution in [3.8, 4) is 0 Å². The van der Waals surface area contributed by atoms with Gasteiger partial charge in [0, 0.05) is 17.8 Å². The largest absolute Gasteiger partial charge is 0.353 e. The van der Waals surface area contributed by atoms with Crippen molar-refractivity contribution in [3.05, 3.63) is 65.5 Å². The van der Waals surface area contributed by atoms with Gasteiger partial charge in [-0.05, 0) is 49.4 Å². The van der Waals surface area contributed by atoms with E-state index in [-0.39, 0.29) is 24.6 Å². The van der Waals surface area contributed by atoms with E-state index >= 15 is 0 Å². The third kappa shape index (κ3) is 4.44. The number of rotatable bonds is 4. The molecule has 1 spiro atoms. The standard InChI is InChI=1S/C23H25F2N3O3/c1-15-5-4-7-23(12-15)28(22(30)16-9-17(24)11-18(25)10-16)20(14-31-23)21(29)27-13-19-6-2-3-8-26-19/h2-3,6,8-11,15,20H,4-5,7,12-14H2,1H3,(H,27,29). The fourth-order valence-corrected chi connectivity index (χ4v) is 4.62. The number of amides is 2. The molecule has 164 valence electrons. The number of benzene rings is 1. The first-order chi connectivity index (χ1) is 14.9. The molecule has 1 N–H and O–H groups in total. The van der Waals surface area contributed by atoms with Crippen LogP contribution in [0.1, 0.15) is 48.7 Å². The molecule has 1 aromatic heterocycles. The monoisotopic (exact) mass is 429 g/mol. The highest BCUT2D eigenvalue weighted by atomic mass is 19.1. The molecule has 0 radical (unpaired) electrons. The maximum atomic E-state index is 13.8. The Labute approximate surface area is 179 Å². The number of halogens is 2. The van der Waals surface area contributed by atoms with Crippen LogP contribution in [0.15, 0.2) is 42.6 Å². The molecule has 1 aromatic carbocycles. The van der Waals surface area contributed by atoms with Gasteiger partial charge in [-0.1, -0.05) is 19.4 Å². The molecule has 1 aliphatic carbocycles. The van der Waals surface area contributed by atoms with Gasteiger partial charge in [0.2, 0.25) is 5.91 Å². The Hall–Kier alpha value is -2.87. The second-order valence-corrected chi connectivity index (χ2v) is 8.35. The normalized spacial score (nSPS) is 25.6. The zero-order chi connectivity index (χ0) is 22.0. The van der Waals surface area contributed by atoms with Crippen molar-refractivity contribution in [1.82, 2.24) is 15.2 Å². The van der Waals surface area contributed by atoms with Crippen LogP contribution in [0.5, 0.6) is 0 Å². The van der Waals surface area contributed by atoms with Crippen LogP contribution in [0.2, 0.25) is 0 Å². The maximum Gasteiger partial charge on any atom is 0.257 e. The summed E-state index contributed by atoms with van der Waals surface area (Å²) in [6.07, 6.45) is 4.61. The van der Waals surface area contributed by atoms with Crippen LogP contribution in [-0.2, 0) is 16.1 Å². The number of pyridine rings is 1. The summed E-state index contributed by atoms with van der Waals surface area (Å²) < 4.78 is 33.7. The fraction of sp³-hybridized carbons (Fsp3) is 0.435. The first kappa shape index (κ1) is 21.4. The molecule has 0 bridgehead atoms. The number of nitrogens with one attached hydrogen (secondary N) is 1. The van der Waals surface area contributed by atoms with Crippen LogP contribution in [0.3, 0.4) is 0 Å². The van der Waals surface area contributed by atoms with Crippen LogP contribution >= 0.6 is 0 Å². The number of hydrogen-bond donors (Lipinski definition) is 1. The van der Waals surface area contributed by atoms with E-state index in [9.17, 15) is 18.4 Å². The third-order valence-corrected chi connectivity index (χ3v) is 5.99. The Bertz CT molecular complexity index is 952. The van der Waals surface area contributed by atoms with Gasteiger partial charge in [0.15, 0.2) is 0 Å². The second-order valence-electron chi connectivity index (χ2n) is 8.35. The van der Waals surface area contributed by atoms with Crippen LogP contribution < -0.4 is 5.32 Å². The summed E-state index contributed by atoms with van der Waals surface area (Å²) in [5.41, 5.74) is -0.408. The molecule has 2 amide bonds. The highest BCUT2D eigenvalue weighted by Gasteiger charge is 2.54. The predicted octanol–water partition coefficient (Wildman–Crippen LogP) is 3.42. The van der Waals surface area contributed by atoms with Gasteiger partial charge in [-0.3, -0.25) is 19.5 Å². The highest BCUT2D eigenvalue weighted by Crippen LogP contribution is 2.43. The lowest BCUT2D eigenvalue weighted by molar-refractivity contribution is -0.128. The minimum Gasteiger partial charge on any atom is -0.353 e. The van der Waals surface area contributed by atoms with Crippen LogP contribution in [0.25, 0.3) is 0 Å². The zero-order valence-corrected chi connectivity index (χ0v) is 17.3. The SMILES string of the molecule is CC1CCCC2(C1)OCC(C(=O)NCc1ccccn1)N2C(=O)c1cc(F)cc(F)c1. The highest BCUT2D eigenvalue weighted by molar-refractivity contribution is 5.98. The van der Waals surface area contributed by atoms with Gasteiger partial charge in [0.05, 0.1) is 18.8 Å². The molecule has 2 fully saturated rings. The van der Waals surface area contributed by atoms with Crippen molar-refractivity contribution in [1.29, 1.82) is 0 Å². The van der Waals surface area contributed by atoms with E-state index in [1.165, 1.54) is 4.90 Å². The molecular formula is C23H25F2N3O3. The summed E-state index contributed by atoms with van der Waals surface area (Å²) in [4.78, 5) is 32.1. The first-order valence-electron chi connectivity index (χ1n) is 10.5. The molecule has 2 heterocycles. The summed E-state index contributed by atoms with van der Waals surface area (Å²) in [5.74, 6) is -2.38. The van der Waals surface area contributed by atoms with E-state index in [2.05, 4.69) is 17.2 Å². The summed E-state index contributed by atoms with van der Waals surface area (Å²) in [6.45, 7) is 2.31. The molecule has 31 heavy (non-hydrogen) atoms. The molecule has 8 heteroatoms. The zero-order valence-electron chi connectivity index (χ0n) is 17.3. The second kappa shape index (κ2) is 8.70. The van der Waals surface area contributed by atoms with Gasteiger partial charge in [0.25, 0.3) is 5.91 Å². The maximum absolute atomic E-state index is 13.8. The first-order valence-corrected chi connectivity index (χ1v) is 10.5. The van der Waals surface area contributed by atoms with Gasteiger partial charge >= 0.3 is 0 Å². The molecule has 3 atom stereocenters. The number of ether oxygens (including phenoxy) is 1. The Morgan fingerprint density at radius 2 is 2.03 bits per heavy atom. The molecular weight excluding hydrogens is 404 g/mol. The lowest BCUT2D eigenvalue weighted by Gasteiger charge is -2.43. The minimum atomic E-state index is -0.954. The lowest BCUT2D eigenvalue weighted by Crippen LogP contribution is -2.57. The smallest absolute Gasteiger partial charge is 0.257 e. The topological polar surface area (TPSA) is 71.5 Å². The summed E-state index contributed by atoms with van der Waals surface area (Å²) in [7, 11) is 0. The third-order valence-electron chi connectivity index (χ3n) is 5.99. The van der Waals surface area contributed by atoms with Crippen molar-refractivity contribution in [2.75, 3.05) is 6.61 Å². The summed E-state index contributed by atoms with van der Waals surface area (Å²) >= 11 is 0. The Balaban J connectivity index is 1.62. The van der Waals surface area contributed by atoms with Crippen molar-refractivity contribution in [3.63, 3.8) is 0 Å². The average molecular weight is 429 g/mol. The Kier molecular flexibility index (Phi) is 6.00. The molecule has 3 unspecified atom stereocenters. The van der Waals surface area contributed by atoms with Crippen LogP contribution in [0.4, 0.5) is 8.78 Å². The molecule has 4 rings (SSSR count). The molecule has 1 aliphatic heterocycles. The number of hydrogen-bond acceptors (Lipinski definition) is 4. The van der Waals surface area contributed by atoms with Gasteiger partial charge in [0.1, 0.15) is 23.4 Å². The van der Waals surface area contributed by atoms with Gasteiger partial charge in [-0.25, -0.2) is 8.78 Å². The van der Waals surface area contributed by atoms with E-state index in [0.29, 0.717) is 30.5 Å². The number of nitrogens with zero attached hydrogens (tertiary/aromatic N) is 2. The van der Waals surface area contributed by atoms with E-state index < -0.39 is 29.3 Å². The summed E-state index contributed by atoms with van der Waals surface area (Å²) in [5, 5.41) is 2.81. The summed E-state index contributed by atoms with van der Waals surface area (Å²) in [6, 6.07) is 7.19. The molecule has 1 saturated carbocycles. The number of aromatic nitrogens is 1. The van der Waals surface area contributed by atoms with Crippen molar-refractivity contribution >= 4 is 11.8 Å². The Morgan fingerprint density at radius 3 is 2.71 bits per heavy atom.